The van der Waals surface area contributed by atoms with E-state index in [0.29, 0.717) is 23.6 Å². The zero-order chi connectivity index (χ0) is 21.9. The average Bonchev–Trinajstić information content (AvgIpc) is 2.84. The van der Waals surface area contributed by atoms with Gasteiger partial charge < -0.3 is 15.0 Å². The summed E-state index contributed by atoms with van der Waals surface area (Å²) >= 11 is 1.89. The lowest BCUT2D eigenvalue weighted by molar-refractivity contribution is -0.130. The molecule has 2 aliphatic rings. The molecule has 1 N–H and O–H groups in total. The van der Waals surface area contributed by atoms with Gasteiger partial charge in [-0.1, -0.05) is 48.5 Å². The van der Waals surface area contributed by atoms with Crippen LogP contribution in [0.3, 0.4) is 0 Å². The molecule has 1 fully saturated rings. The molecular formula is C26H24N2O3S. The molecule has 1 saturated heterocycles. The van der Waals surface area contributed by atoms with E-state index < -0.39 is 5.92 Å². The Kier molecular flexibility index (Phi) is 5.86. The van der Waals surface area contributed by atoms with E-state index in [0.717, 1.165) is 41.3 Å². The van der Waals surface area contributed by atoms with E-state index >= 15 is 0 Å². The first-order valence-electron chi connectivity index (χ1n) is 10.8. The predicted octanol–water partition coefficient (Wildman–Crippen LogP) is 4.68. The van der Waals surface area contributed by atoms with Gasteiger partial charge in [0.1, 0.15) is 11.5 Å². The summed E-state index contributed by atoms with van der Waals surface area (Å²) in [5.41, 5.74) is 3.37. The van der Waals surface area contributed by atoms with E-state index in [-0.39, 0.29) is 11.8 Å². The molecule has 2 heterocycles. The van der Waals surface area contributed by atoms with Crippen LogP contribution in [-0.2, 0) is 16.0 Å². The molecule has 0 aromatic heterocycles. The SMILES string of the molecule is O=C(Nc1ccc(CC(=O)N2CCSCC2)cc1)C1c2ccccc2Oc2ccccc21. The number of rotatable bonds is 4. The molecule has 5 rings (SSSR count). The van der Waals surface area contributed by atoms with Gasteiger partial charge in [-0.05, 0) is 29.8 Å². The lowest BCUT2D eigenvalue weighted by atomic mass is 9.87. The molecule has 0 spiro atoms. The number of hydrogen-bond donors (Lipinski definition) is 1. The first-order chi connectivity index (χ1) is 15.7. The second-order valence-corrected chi connectivity index (χ2v) is 9.19. The number of amides is 2. The third kappa shape index (κ3) is 4.23. The van der Waals surface area contributed by atoms with Crippen LogP contribution in [0, 0.1) is 0 Å². The van der Waals surface area contributed by atoms with Gasteiger partial charge in [0, 0.05) is 41.4 Å². The van der Waals surface area contributed by atoms with Gasteiger partial charge in [0.05, 0.1) is 12.3 Å². The minimum Gasteiger partial charge on any atom is -0.457 e. The van der Waals surface area contributed by atoms with E-state index in [1.165, 1.54) is 0 Å². The molecule has 32 heavy (non-hydrogen) atoms. The van der Waals surface area contributed by atoms with Crippen LogP contribution in [0.1, 0.15) is 22.6 Å². The average molecular weight is 445 g/mol. The molecule has 6 heteroatoms. The Labute approximate surface area is 191 Å². The summed E-state index contributed by atoms with van der Waals surface area (Å²) in [5, 5.41) is 3.04. The van der Waals surface area contributed by atoms with Gasteiger partial charge in [-0.25, -0.2) is 0 Å². The Morgan fingerprint density at radius 3 is 2.09 bits per heavy atom. The van der Waals surface area contributed by atoms with Crippen LogP contribution in [0.4, 0.5) is 5.69 Å². The smallest absolute Gasteiger partial charge is 0.236 e. The van der Waals surface area contributed by atoms with Crippen LogP contribution in [0.15, 0.2) is 72.8 Å². The number of ether oxygens (including phenoxy) is 1. The van der Waals surface area contributed by atoms with Crippen LogP contribution in [0.2, 0.25) is 0 Å². The molecule has 0 saturated carbocycles. The van der Waals surface area contributed by atoms with Gasteiger partial charge in [0.25, 0.3) is 0 Å². The highest BCUT2D eigenvalue weighted by Gasteiger charge is 2.32. The summed E-state index contributed by atoms with van der Waals surface area (Å²) < 4.78 is 5.99. The van der Waals surface area contributed by atoms with Gasteiger partial charge in [0.2, 0.25) is 11.8 Å². The number of para-hydroxylation sites is 2. The Balaban J connectivity index is 1.31. The van der Waals surface area contributed by atoms with Gasteiger partial charge in [-0.15, -0.1) is 0 Å². The zero-order valence-electron chi connectivity index (χ0n) is 17.6. The Bertz CT molecular complexity index is 1090. The van der Waals surface area contributed by atoms with E-state index in [1.54, 1.807) is 0 Å². The molecule has 162 valence electrons. The molecule has 3 aromatic carbocycles. The summed E-state index contributed by atoms with van der Waals surface area (Å²) in [6, 6.07) is 22.9. The van der Waals surface area contributed by atoms with Crippen LogP contribution < -0.4 is 10.1 Å². The second kappa shape index (κ2) is 9.09. The van der Waals surface area contributed by atoms with Crippen molar-refractivity contribution >= 4 is 29.3 Å². The van der Waals surface area contributed by atoms with E-state index in [2.05, 4.69) is 5.32 Å². The van der Waals surface area contributed by atoms with Crippen LogP contribution in [-0.4, -0.2) is 41.3 Å². The summed E-state index contributed by atoms with van der Waals surface area (Å²) in [7, 11) is 0. The molecule has 0 bridgehead atoms. The second-order valence-electron chi connectivity index (χ2n) is 7.97. The van der Waals surface area contributed by atoms with Crippen LogP contribution >= 0.6 is 11.8 Å². The first kappa shape index (κ1) is 20.6. The fourth-order valence-electron chi connectivity index (χ4n) is 4.21. The minimum atomic E-state index is -0.450. The van der Waals surface area contributed by atoms with Crippen molar-refractivity contribution in [2.24, 2.45) is 0 Å². The van der Waals surface area contributed by atoms with Gasteiger partial charge in [-0.2, -0.15) is 11.8 Å². The normalized spacial score (nSPS) is 15.3. The van der Waals surface area contributed by atoms with Crippen molar-refractivity contribution in [1.82, 2.24) is 4.90 Å². The highest BCUT2D eigenvalue weighted by Crippen LogP contribution is 2.44. The van der Waals surface area contributed by atoms with Crippen molar-refractivity contribution in [3.8, 4) is 11.5 Å². The number of nitrogens with one attached hydrogen (secondary N) is 1. The van der Waals surface area contributed by atoms with E-state index in [9.17, 15) is 9.59 Å². The van der Waals surface area contributed by atoms with Gasteiger partial charge in [0.15, 0.2) is 0 Å². The monoisotopic (exact) mass is 444 g/mol. The third-order valence-corrected chi connectivity index (χ3v) is 6.83. The highest BCUT2D eigenvalue weighted by molar-refractivity contribution is 7.99. The lowest BCUT2D eigenvalue weighted by Gasteiger charge is -2.27. The molecule has 5 nitrogen and oxygen atoms in total. The van der Waals surface area contributed by atoms with Crippen molar-refractivity contribution in [3.05, 3.63) is 89.5 Å². The number of anilines is 1. The largest absolute Gasteiger partial charge is 0.457 e. The van der Waals surface area contributed by atoms with E-state index in [4.69, 9.17) is 4.74 Å². The van der Waals surface area contributed by atoms with Crippen LogP contribution in [0.25, 0.3) is 0 Å². The highest BCUT2D eigenvalue weighted by atomic mass is 32.2. The summed E-state index contributed by atoms with van der Waals surface area (Å²) in [6.07, 6.45) is 0.388. The number of nitrogens with zero attached hydrogens (tertiary/aromatic N) is 1. The van der Waals surface area contributed by atoms with E-state index in [1.807, 2.05) is 89.5 Å². The molecule has 0 radical (unpaired) electrons. The van der Waals surface area contributed by atoms with Crippen molar-refractivity contribution in [2.45, 2.75) is 12.3 Å². The molecule has 3 aromatic rings. The number of carbonyl (C=O) groups is 2. The summed E-state index contributed by atoms with van der Waals surface area (Å²) in [4.78, 5) is 27.8. The third-order valence-electron chi connectivity index (χ3n) is 5.88. The van der Waals surface area contributed by atoms with Crippen molar-refractivity contribution in [2.75, 3.05) is 29.9 Å². The topological polar surface area (TPSA) is 58.6 Å². The van der Waals surface area contributed by atoms with Crippen LogP contribution in [0.5, 0.6) is 11.5 Å². The number of carbonyl (C=O) groups excluding carboxylic acids is 2. The number of fused-ring (bicyclic) bond motifs is 2. The Morgan fingerprint density at radius 1 is 0.875 bits per heavy atom. The van der Waals surface area contributed by atoms with Crippen molar-refractivity contribution < 1.29 is 14.3 Å². The molecule has 0 atom stereocenters. The van der Waals surface area contributed by atoms with Crippen molar-refractivity contribution in [3.63, 3.8) is 0 Å². The fourth-order valence-corrected chi connectivity index (χ4v) is 5.12. The lowest BCUT2D eigenvalue weighted by Crippen LogP contribution is -2.38. The Hall–Kier alpha value is -3.25. The summed E-state index contributed by atoms with van der Waals surface area (Å²) in [5.74, 6) is 3.03. The molecule has 0 unspecified atom stereocenters. The maximum Gasteiger partial charge on any atom is 0.236 e. The minimum absolute atomic E-state index is 0.108. The first-order valence-corrected chi connectivity index (χ1v) is 12.0. The summed E-state index contributed by atoms with van der Waals surface area (Å²) in [6.45, 7) is 1.65. The number of benzene rings is 3. The fraction of sp³-hybridized carbons (Fsp3) is 0.231. The van der Waals surface area contributed by atoms with Gasteiger partial charge >= 0.3 is 0 Å². The maximum atomic E-state index is 13.3. The number of hydrogen-bond acceptors (Lipinski definition) is 4. The zero-order valence-corrected chi connectivity index (χ0v) is 18.4. The quantitative estimate of drug-likeness (QED) is 0.635. The van der Waals surface area contributed by atoms with Gasteiger partial charge in [-0.3, -0.25) is 9.59 Å². The maximum absolute atomic E-state index is 13.3. The molecule has 2 aliphatic heterocycles. The van der Waals surface area contributed by atoms with Crippen molar-refractivity contribution in [1.29, 1.82) is 0 Å². The predicted molar refractivity (Wildman–Crippen MR) is 127 cm³/mol. The Morgan fingerprint density at radius 2 is 1.47 bits per heavy atom. The standard InChI is InChI=1S/C26H24N2O3S/c29-24(28-13-15-32-16-14-28)17-18-9-11-19(12-10-18)27-26(30)25-20-5-1-3-7-22(20)31-23-8-4-2-6-21(23)25/h1-12,25H,13-17H2,(H,27,30). The number of thioether (sulfide) groups is 1. The molecule has 0 aliphatic carbocycles. The molecule has 2 amide bonds. The molecular weight excluding hydrogens is 420 g/mol.